The molecule has 1 atom stereocenters. The fourth-order valence-corrected chi connectivity index (χ4v) is 9.64. The van der Waals surface area contributed by atoms with Crippen LogP contribution in [0, 0.1) is 5.82 Å². The highest BCUT2D eigenvalue weighted by molar-refractivity contribution is 7.89. The summed E-state index contributed by atoms with van der Waals surface area (Å²) >= 11 is 0. The quantitative estimate of drug-likeness (QED) is 0.335. The molecule has 3 aliphatic rings. The molecule has 3 heterocycles. The van der Waals surface area contributed by atoms with Gasteiger partial charge in [0.15, 0.2) is 0 Å². The molecule has 9 heteroatoms. The highest BCUT2D eigenvalue weighted by Gasteiger charge is 2.43. The Morgan fingerprint density at radius 2 is 1.61 bits per heavy atom. The standard InChI is InChI=1S/C35H45FN4O3S/c1-37-23-25-39(26-24-37)35(29-11-7-12-30(36)27-29)18-21-38(22-19-35)34(41)17-8-14-31-13-4-5-20-40(31)44(42,43)33-16-6-10-28-9-2-3-15-32(28)33/h2-3,6-7,9-12,15-16,27,31H,4-5,8,13-14,17-26H2,1H3. The molecule has 1 unspecified atom stereocenters. The summed E-state index contributed by atoms with van der Waals surface area (Å²) in [7, 11) is -1.52. The summed E-state index contributed by atoms with van der Waals surface area (Å²) in [5.41, 5.74) is 0.748. The van der Waals surface area contributed by atoms with E-state index in [-0.39, 0.29) is 23.3 Å². The first-order chi connectivity index (χ1) is 21.3. The largest absolute Gasteiger partial charge is 0.343 e. The predicted octanol–water partition coefficient (Wildman–Crippen LogP) is 5.46. The molecule has 0 aromatic heterocycles. The summed E-state index contributed by atoms with van der Waals surface area (Å²) < 4.78 is 43.9. The minimum atomic E-state index is -3.66. The van der Waals surface area contributed by atoms with E-state index < -0.39 is 10.0 Å². The number of nitrogens with zero attached hydrogens (tertiary/aromatic N) is 4. The minimum absolute atomic E-state index is 0.0975. The summed E-state index contributed by atoms with van der Waals surface area (Å²) in [4.78, 5) is 20.6. The number of fused-ring (bicyclic) bond motifs is 1. The first-order valence-corrected chi connectivity index (χ1v) is 17.7. The number of piperidine rings is 2. The summed E-state index contributed by atoms with van der Waals surface area (Å²) in [5.74, 6) is -0.0794. The molecule has 0 aliphatic carbocycles. The second kappa shape index (κ2) is 13.3. The Kier molecular flexibility index (Phi) is 9.38. The molecule has 0 N–H and O–H groups in total. The second-order valence-electron chi connectivity index (χ2n) is 12.8. The van der Waals surface area contributed by atoms with Crippen molar-refractivity contribution in [2.75, 3.05) is 52.9 Å². The van der Waals surface area contributed by atoms with Crippen LogP contribution in [-0.2, 0) is 20.4 Å². The zero-order valence-corrected chi connectivity index (χ0v) is 26.7. The molecule has 236 valence electrons. The van der Waals surface area contributed by atoms with Crippen LogP contribution in [0.3, 0.4) is 0 Å². The van der Waals surface area contributed by atoms with Gasteiger partial charge in [0, 0.05) is 69.2 Å². The van der Waals surface area contributed by atoms with E-state index >= 15 is 0 Å². The van der Waals surface area contributed by atoms with Crippen LogP contribution in [0.4, 0.5) is 4.39 Å². The number of halogens is 1. The van der Waals surface area contributed by atoms with Crippen molar-refractivity contribution in [3.05, 3.63) is 78.1 Å². The van der Waals surface area contributed by atoms with Gasteiger partial charge >= 0.3 is 0 Å². The SMILES string of the molecule is CN1CCN(C2(c3cccc(F)c3)CCN(C(=O)CCCC3CCCCN3S(=O)(=O)c3cccc4ccccc34)CC2)CC1. The lowest BCUT2D eigenvalue weighted by Gasteiger charge is -2.51. The number of sulfonamides is 1. The van der Waals surface area contributed by atoms with Gasteiger partial charge in [-0.15, -0.1) is 0 Å². The second-order valence-corrected chi connectivity index (χ2v) is 14.7. The summed E-state index contributed by atoms with van der Waals surface area (Å²) in [6.45, 7) is 5.63. The third-order valence-corrected chi connectivity index (χ3v) is 12.3. The number of carbonyl (C=O) groups is 1. The fraction of sp³-hybridized carbons (Fsp3) is 0.514. The highest BCUT2D eigenvalue weighted by atomic mass is 32.2. The monoisotopic (exact) mass is 620 g/mol. The summed E-state index contributed by atoms with van der Waals surface area (Å²) in [6.07, 6.45) is 6.00. The molecule has 0 spiro atoms. The van der Waals surface area contributed by atoms with Crippen molar-refractivity contribution < 1.29 is 17.6 Å². The van der Waals surface area contributed by atoms with Gasteiger partial charge in [-0.1, -0.05) is 55.0 Å². The molecule has 6 rings (SSSR count). The molecule has 3 aromatic rings. The Morgan fingerprint density at radius 3 is 2.39 bits per heavy atom. The topological polar surface area (TPSA) is 64.2 Å². The van der Waals surface area contributed by atoms with Crippen molar-refractivity contribution in [3.63, 3.8) is 0 Å². The Bertz CT molecular complexity index is 1560. The van der Waals surface area contributed by atoms with Crippen LogP contribution < -0.4 is 0 Å². The number of benzene rings is 3. The number of carbonyl (C=O) groups excluding carboxylic acids is 1. The van der Waals surface area contributed by atoms with E-state index in [2.05, 4.69) is 16.8 Å². The third kappa shape index (κ3) is 6.29. The molecule has 7 nitrogen and oxygen atoms in total. The van der Waals surface area contributed by atoms with Crippen molar-refractivity contribution in [3.8, 4) is 0 Å². The number of piperazine rings is 1. The van der Waals surface area contributed by atoms with Gasteiger partial charge < -0.3 is 9.80 Å². The Hall–Kier alpha value is -2.85. The lowest BCUT2D eigenvalue weighted by molar-refractivity contribution is -0.134. The summed E-state index contributed by atoms with van der Waals surface area (Å²) in [5, 5.41) is 1.67. The van der Waals surface area contributed by atoms with Gasteiger partial charge in [-0.25, -0.2) is 12.8 Å². The van der Waals surface area contributed by atoms with Gasteiger partial charge in [0.1, 0.15) is 5.82 Å². The van der Waals surface area contributed by atoms with Crippen molar-refractivity contribution >= 4 is 26.7 Å². The van der Waals surface area contributed by atoms with E-state index in [1.54, 1.807) is 22.5 Å². The van der Waals surface area contributed by atoms with Crippen LogP contribution in [0.15, 0.2) is 71.6 Å². The molecule has 1 amide bonds. The third-order valence-electron chi connectivity index (χ3n) is 10.3. The predicted molar refractivity (Wildman–Crippen MR) is 172 cm³/mol. The van der Waals surface area contributed by atoms with Gasteiger partial charge in [-0.2, -0.15) is 4.31 Å². The van der Waals surface area contributed by atoms with Crippen LogP contribution in [-0.4, -0.2) is 92.2 Å². The van der Waals surface area contributed by atoms with Crippen LogP contribution in [0.1, 0.15) is 56.9 Å². The van der Waals surface area contributed by atoms with E-state index in [1.807, 2.05) is 47.4 Å². The number of rotatable bonds is 8. The summed E-state index contributed by atoms with van der Waals surface area (Å²) in [6, 6.07) is 20.0. The number of likely N-dealkylation sites (tertiary alicyclic amines) is 1. The van der Waals surface area contributed by atoms with Crippen LogP contribution in [0.2, 0.25) is 0 Å². The molecule has 0 saturated carbocycles. The zero-order valence-electron chi connectivity index (χ0n) is 25.8. The average molecular weight is 621 g/mol. The number of likely N-dealkylation sites (N-methyl/N-ethyl adjacent to an activating group) is 1. The molecule has 0 bridgehead atoms. The Morgan fingerprint density at radius 1 is 0.886 bits per heavy atom. The average Bonchev–Trinajstić information content (AvgIpc) is 3.05. The zero-order chi connectivity index (χ0) is 30.7. The molecule has 3 fully saturated rings. The van der Waals surface area contributed by atoms with Gasteiger partial charge in [0.25, 0.3) is 0 Å². The lowest BCUT2D eigenvalue weighted by atomic mass is 9.78. The van der Waals surface area contributed by atoms with Crippen LogP contribution in [0.25, 0.3) is 10.8 Å². The van der Waals surface area contributed by atoms with Gasteiger partial charge in [-0.05, 0) is 74.7 Å². The Labute approximate surface area is 261 Å². The van der Waals surface area contributed by atoms with Crippen LogP contribution in [0.5, 0.6) is 0 Å². The maximum absolute atomic E-state index is 14.4. The van der Waals surface area contributed by atoms with Gasteiger partial charge in [0.2, 0.25) is 15.9 Å². The van der Waals surface area contributed by atoms with E-state index in [9.17, 15) is 17.6 Å². The maximum atomic E-state index is 14.4. The van der Waals surface area contributed by atoms with Crippen molar-refractivity contribution in [1.82, 2.24) is 19.0 Å². The number of amides is 1. The van der Waals surface area contributed by atoms with E-state index in [1.165, 1.54) is 6.07 Å². The molecule has 44 heavy (non-hydrogen) atoms. The van der Waals surface area contributed by atoms with Crippen LogP contribution >= 0.6 is 0 Å². The van der Waals surface area contributed by atoms with Crippen molar-refractivity contribution in [2.24, 2.45) is 0 Å². The molecule has 3 aliphatic heterocycles. The minimum Gasteiger partial charge on any atom is -0.343 e. The smallest absolute Gasteiger partial charge is 0.243 e. The first kappa shape index (κ1) is 31.1. The lowest BCUT2D eigenvalue weighted by Crippen LogP contribution is -2.59. The molecular formula is C35H45FN4O3S. The number of hydrogen-bond acceptors (Lipinski definition) is 5. The normalized spacial score (nSPS) is 22.3. The Balaban J connectivity index is 1.09. The molecular weight excluding hydrogens is 575 g/mol. The highest BCUT2D eigenvalue weighted by Crippen LogP contribution is 2.40. The maximum Gasteiger partial charge on any atom is 0.243 e. The van der Waals surface area contributed by atoms with Gasteiger partial charge in [0.05, 0.1) is 4.90 Å². The molecule has 3 saturated heterocycles. The van der Waals surface area contributed by atoms with E-state index in [4.69, 9.17) is 0 Å². The molecule has 3 aromatic carbocycles. The van der Waals surface area contributed by atoms with Crippen molar-refractivity contribution in [2.45, 2.75) is 67.8 Å². The van der Waals surface area contributed by atoms with E-state index in [0.717, 1.165) is 74.6 Å². The number of hydrogen-bond donors (Lipinski definition) is 0. The van der Waals surface area contributed by atoms with Crippen molar-refractivity contribution in [1.29, 1.82) is 0 Å². The van der Waals surface area contributed by atoms with Gasteiger partial charge in [-0.3, -0.25) is 9.69 Å². The fourth-order valence-electron chi connectivity index (χ4n) is 7.70. The van der Waals surface area contributed by atoms with E-state index in [0.29, 0.717) is 43.8 Å². The first-order valence-electron chi connectivity index (χ1n) is 16.2. The molecule has 0 radical (unpaired) electrons.